The molecule has 6 heteroatoms. The van der Waals surface area contributed by atoms with Gasteiger partial charge in [-0.05, 0) is 57.8 Å². The molecule has 0 aliphatic carbocycles. The second kappa shape index (κ2) is 52.0. The first kappa shape index (κ1) is 60.4. The van der Waals surface area contributed by atoms with Crippen molar-refractivity contribution in [3.8, 4) is 0 Å². The van der Waals surface area contributed by atoms with Gasteiger partial charge in [-0.2, -0.15) is 0 Å². The molecule has 63 heavy (non-hydrogen) atoms. The Morgan fingerprint density at radius 3 is 0.968 bits per heavy atom. The van der Waals surface area contributed by atoms with Crippen LogP contribution in [-0.4, -0.2) is 37.2 Å². The van der Waals surface area contributed by atoms with Gasteiger partial charge in [-0.15, -0.1) is 0 Å². The molecule has 0 amide bonds. The molecule has 6 nitrogen and oxygen atoms in total. The van der Waals surface area contributed by atoms with E-state index < -0.39 is 6.10 Å². The Labute approximate surface area is 390 Å². The Kier molecular flexibility index (Phi) is 49.8. The molecule has 0 bridgehead atoms. The zero-order valence-corrected chi connectivity index (χ0v) is 41.8. The van der Waals surface area contributed by atoms with Crippen LogP contribution >= 0.6 is 0 Å². The third-order valence-electron chi connectivity index (χ3n) is 11.8. The molecule has 0 aromatic rings. The third kappa shape index (κ3) is 50.2. The van der Waals surface area contributed by atoms with Crippen molar-refractivity contribution in [2.75, 3.05) is 13.2 Å². The van der Waals surface area contributed by atoms with Gasteiger partial charge >= 0.3 is 17.9 Å². The summed E-state index contributed by atoms with van der Waals surface area (Å²) in [6.07, 6.45) is 62.4. The van der Waals surface area contributed by atoms with Crippen LogP contribution in [-0.2, 0) is 28.6 Å². The minimum atomic E-state index is -0.785. The maximum absolute atomic E-state index is 12.8. The van der Waals surface area contributed by atoms with Crippen LogP contribution < -0.4 is 0 Å². The highest BCUT2D eigenvalue weighted by Crippen LogP contribution is 2.16. The number of allylic oxidation sites excluding steroid dienone is 8. The predicted octanol–water partition coefficient (Wildman–Crippen LogP) is 17.9. The molecule has 0 aromatic carbocycles. The fourth-order valence-corrected chi connectivity index (χ4v) is 7.79. The van der Waals surface area contributed by atoms with E-state index in [0.29, 0.717) is 19.3 Å². The van der Waals surface area contributed by atoms with Crippen LogP contribution in [0, 0.1) is 0 Å². The highest BCUT2D eigenvalue weighted by molar-refractivity contribution is 5.71. The summed E-state index contributed by atoms with van der Waals surface area (Å²) in [7, 11) is 0. The highest BCUT2D eigenvalue weighted by atomic mass is 16.6. The number of ether oxygens (including phenoxy) is 3. The Morgan fingerprint density at radius 2 is 0.619 bits per heavy atom. The van der Waals surface area contributed by atoms with E-state index in [-0.39, 0.29) is 31.1 Å². The van der Waals surface area contributed by atoms with E-state index in [9.17, 15) is 14.4 Å². The van der Waals surface area contributed by atoms with E-state index in [2.05, 4.69) is 69.4 Å². The van der Waals surface area contributed by atoms with Gasteiger partial charge in [-0.1, -0.05) is 249 Å². The topological polar surface area (TPSA) is 78.9 Å². The third-order valence-corrected chi connectivity index (χ3v) is 11.8. The van der Waals surface area contributed by atoms with E-state index in [1.54, 1.807) is 0 Å². The maximum Gasteiger partial charge on any atom is 0.306 e. The van der Waals surface area contributed by atoms with Crippen LogP contribution in [0.15, 0.2) is 48.6 Å². The molecule has 0 radical (unpaired) electrons. The van der Waals surface area contributed by atoms with Crippen molar-refractivity contribution < 1.29 is 28.6 Å². The first-order chi connectivity index (χ1) is 31.0. The Balaban J connectivity index is 4.40. The lowest BCUT2D eigenvalue weighted by Crippen LogP contribution is -2.30. The maximum atomic E-state index is 12.8. The lowest BCUT2D eigenvalue weighted by Gasteiger charge is -2.18. The Morgan fingerprint density at radius 1 is 0.333 bits per heavy atom. The zero-order chi connectivity index (χ0) is 45.8. The van der Waals surface area contributed by atoms with Gasteiger partial charge in [-0.3, -0.25) is 14.4 Å². The Hall–Kier alpha value is -2.63. The summed E-state index contributed by atoms with van der Waals surface area (Å²) in [5.41, 5.74) is 0. The number of carbonyl (C=O) groups excluding carboxylic acids is 3. The molecule has 1 atom stereocenters. The predicted molar refractivity (Wildman–Crippen MR) is 270 cm³/mol. The number of hydrogen-bond donors (Lipinski definition) is 0. The van der Waals surface area contributed by atoms with Gasteiger partial charge in [0.05, 0.1) is 0 Å². The van der Waals surface area contributed by atoms with Gasteiger partial charge < -0.3 is 14.2 Å². The van der Waals surface area contributed by atoms with Crippen LogP contribution in [0.1, 0.15) is 278 Å². The molecule has 0 aliphatic heterocycles. The van der Waals surface area contributed by atoms with Crippen molar-refractivity contribution in [1.82, 2.24) is 0 Å². The van der Waals surface area contributed by atoms with Crippen LogP contribution in [0.3, 0.4) is 0 Å². The molecule has 0 aliphatic rings. The van der Waals surface area contributed by atoms with Crippen molar-refractivity contribution >= 4 is 17.9 Å². The minimum absolute atomic E-state index is 0.0821. The molecule has 0 saturated heterocycles. The molecular formula is C57H102O6. The normalized spacial score (nSPS) is 12.4. The van der Waals surface area contributed by atoms with Gasteiger partial charge in [0.15, 0.2) is 6.10 Å². The lowest BCUT2D eigenvalue weighted by atomic mass is 10.0. The van der Waals surface area contributed by atoms with Crippen molar-refractivity contribution in [2.24, 2.45) is 0 Å². The quantitative estimate of drug-likeness (QED) is 0.0262. The molecule has 0 spiro atoms. The molecule has 0 N–H and O–H groups in total. The molecule has 0 rings (SSSR count). The fourth-order valence-electron chi connectivity index (χ4n) is 7.79. The van der Waals surface area contributed by atoms with Gasteiger partial charge in [0.25, 0.3) is 0 Å². The van der Waals surface area contributed by atoms with E-state index in [1.165, 1.54) is 154 Å². The van der Waals surface area contributed by atoms with Crippen molar-refractivity contribution in [1.29, 1.82) is 0 Å². The summed E-state index contributed by atoms with van der Waals surface area (Å²) in [5, 5.41) is 0. The molecule has 0 unspecified atom stereocenters. The second-order valence-corrected chi connectivity index (χ2v) is 18.1. The van der Waals surface area contributed by atoms with Crippen LogP contribution in [0.4, 0.5) is 0 Å². The van der Waals surface area contributed by atoms with E-state index in [4.69, 9.17) is 14.2 Å². The summed E-state index contributed by atoms with van der Waals surface area (Å²) < 4.78 is 16.8. The standard InChI is InChI=1S/C57H102O6/c1-4-7-10-13-16-19-22-25-28-31-34-37-40-43-46-49-55(58)61-52-54(63-57(60)51-48-45-42-39-36-33-30-27-24-21-18-15-12-9-6-3)53-62-56(59)50-47-44-41-38-35-32-29-26-23-20-17-14-11-8-5-2/h7,10,16,19,25,28,34,37,54H,4-6,8-9,11-15,17-18,20-24,26-27,29-33,35-36,38-53H2,1-3H3/b10-7-,19-16-,28-25-,37-34-/t54-/m1/s1. The number of hydrogen-bond acceptors (Lipinski definition) is 6. The van der Waals surface area contributed by atoms with Crippen molar-refractivity contribution in [3.63, 3.8) is 0 Å². The fraction of sp³-hybridized carbons (Fsp3) is 0.807. The van der Waals surface area contributed by atoms with E-state index in [1.807, 2.05) is 0 Å². The average Bonchev–Trinajstić information content (AvgIpc) is 3.28. The molecule has 0 saturated carbocycles. The minimum Gasteiger partial charge on any atom is -0.462 e. The van der Waals surface area contributed by atoms with Crippen LogP contribution in [0.2, 0.25) is 0 Å². The van der Waals surface area contributed by atoms with Crippen LogP contribution in [0.5, 0.6) is 0 Å². The first-order valence-electron chi connectivity index (χ1n) is 27.1. The smallest absolute Gasteiger partial charge is 0.306 e. The van der Waals surface area contributed by atoms with E-state index >= 15 is 0 Å². The number of unbranched alkanes of at least 4 members (excludes halogenated alkanes) is 30. The van der Waals surface area contributed by atoms with Crippen molar-refractivity contribution in [3.05, 3.63) is 48.6 Å². The summed E-state index contributed by atoms with van der Waals surface area (Å²) in [4.78, 5) is 38.0. The summed E-state index contributed by atoms with van der Waals surface area (Å²) in [5.74, 6) is -0.912. The first-order valence-corrected chi connectivity index (χ1v) is 27.1. The summed E-state index contributed by atoms with van der Waals surface area (Å²) >= 11 is 0. The SMILES string of the molecule is CC/C=C\C/C=C\C/C=C\C/C=C\CCCCC(=O)OC[C@H](COC(=O)CCCCCCCCCCCCCCCCC)OC(=O)CCCCCCCCCCCCCCCCC. The van der Waals surface area contributed by atoms with Gasteiger partial charge in [-0.25, -0.2) is 0 Å². The molecule has 0 fully saturated rings. The molecule has 0 heterocycles. The summed E-state index contributed by atoms with van der Waals surface area (Å²) in [6, 6.07) is 0. The van der Waals surface area contributed by atoms with Gasteiger partial charge in [0, 0.05) is 19.3 Å². The monoisotopic (exact) mass is 883 g/mol. The zero-order valence-electron chi connectivity index (χ0n) is 41.8. The number of rotatable bonds is 49. The van der Waals surface area contributed by atoms with E-state index in [0.717, 1.165) is 83.5 Å². The second-order valence-electron chi connectivity index (χ2n) is 18.1. The number of carbonyl (C=O) groups is 3. The average molecular weight is 883 g/mol. The molecule has 366 valence electrons. The molecule has 0 aromatic heterocycles. The van der Waals surface area contributed by atoms with Gasteiger partial charge in [0.1, 0.15) is 13.2 Å². The molecular weight excluding hydrogens is 781 g/mol. The van der Waals surface area contributed by atoms with Crippen LogP contribution in [0.25, 0.3) is 0 Å². The summed E-state index contributed by atoms with van der Waals surface area (Å²) in [6.45, 7) is 6.52. The van der Waals surface area contributed by atoms with Gasteiger partial charge in [0.2, 0.25) is 0 Å². The largest absolute Gasteiger partial charge is 0.462 e. The highest BCUT2D eigenvalue weighted by Gasteiger charge is 2.19. The Bertz CT molecular complexity index is 1110. The lowest BCUT2D eigenvalue weighted by molar-refractivity contribution is -0.167. The number of esters is 3. The van der Waals surface area contributed by atoms with Crippen molar-refractivity contribution in [2.45, 2.75) is 284 Å².